The van der Waals surface area contributed by atoms with Gasteiger partial charge in [-0.15, -0.1) is 0 Å². The number of hydrogen-bond acceptors (Lipinski definition) is 6. The lowest BCUT2D eigenvalue weighted by Crippen LogP contribution is -2.31. The van der Waals surface area contributed by atoms with Gasteiger partial charge in [0.15, 0.2) is 0 Å². The number of aliphatic carboxylic acids is 1. The molecule has 0 fully saturated rings. The van der Waals surface area contributed by atoms with E-state index in [1.165, 1.54) is 12.1 Å². The largest absolute Gasteiger partial charge is 0.548 e. The van der Waals surface area contributed by atoms with Crippen LogP contribution in [0.2, 0.25) is 0 Å². The summed E-state index contributed by atoms with van der Waals surface area (Å²) in [4.78, 5) is 26.1. The fourth-order valence-corrected chi connectivity index (χ4v) is 3.35. The number of nitrogens with zero attached hydrogens (tertiary/aromatic N) is 3. The van der Waals surface area contributed by atoms with Gasteiger partial charge in [-0.1, -0.05) is 24.4 Å². The number of benzene rings is 1. The molecule has 0 aliphatic heterocycles. The predicted octanol–water partition coefficient (Wildman–Crippen LogP) is 1.82. The van der Waals surface area contributed by atoms with Crippen LogP contribution in [0.4, 0.5) is 5.69 Å². The van der Waals surface area contributed by atoms with Crippen LogP contribution in [0.1, 0.15) is 24.1 Å². The summed E-state index contributed by atoms with van der Waals surface area (Å²) in [5.74, 6) is -0.910. The second kappa shape index (κ2) is 6.48. The van der Waals surface area contributed by atoms with Crippen molar-refractivity contribution in [1.82, 2.24) is 9.55 Å². The van der Waals surface area contributed by atoms with Crippen LogP contribution in [-0.4, -0.2) is 20.4 Å². The number of non-ortho nitro benzene ring substituents is 1. The molecular formula is C16H14N3O4S-. The Morgan fingerprint density at radius 3 is 2.79 bits per heavy atom. The highest BCUT2D eigenvalue weighted by atomic mass is 32.1. The molecule has 1 aromatic carbocycles. The number of aromatic nitrogens is 2. The van der Waals surface area contributed by atoms with Crippen LogP contribution in [0.3, 0.4) is 0 Å². The zero-order chi connectivity index (χ0) is 17.3. The molecule has 124 valence electrons. The Morgan fingerprint density at radius 2 is 2.08 bits per heavy atom. The number of nitro benzene ring substituents is 1. The normalized spacial score (nSPS) is 13.3. The van der Waals surface area contributed by atoms with Crippen molar-refractivity contribution in [3.8, 4) is 11.4 Å². The number of hydrogen-bond donors (Lipinski definition) is 0. The van der Waals surface area contributed by atoms with E-state index in [9.17, 15) is 20.0 Å². The van der Waals surface area contributed by atoms with E-state index in [1.807, 2.05) is 0 Å². The third-order valence-corrected chi connectivity index (χ3v) is 4.43. The molecule has 1 aromatic heterocycles. The summed E-state index contributed by atoms with van der Waals surface area (Å²) in [6.45, 7) is -0.358. The first-order valence-electron chi connectivity index (χ1n) is 7.54. The Labute approximate surface area is 142 Å². The number of carboxylic acids is 1. The van der Waals surface area contributed by atoms with Crippen molar-refractivity contribution in [3.63, 3.8) is 0 Å². The molecule has 0 spiro atoms. The van der Waals surface area contributed by atoms with Gasteiger partial charge < -0.3 is 14.5 Å². The number of nitro groups is 1. The molecule has 0 saturated heterocycles. The Hall–Kier alpha value is -2.61. The van der Waals surface area contributed by atoms with Crippen LogP contribution in [0.25, 0.3) is 11.4 Å². The van der Waals surface area contributed by atoms with Gasteiger partial charge in [-0.3, -0.25) is 10.1 Å². The molecule has 24 heavy (non-hydrogen) atoms. The smallest absolute Gasteiger partial charge is 0.270 e. The van der Waals surface area contributed by atoms with Gasteiger partial charge in [-0.25, -0.2) is 4.98 Å². The molecule has 0 N–H and O–H groups in total. The average Bonchev–Trinajstić information content (AvgIpc) is 2.57. The van der Waals surface area contributed by atoms with E-state index in [0.717, 1.165) is 30.5 Å². The highest BCUT2D eigenvalue weighted by Gasteiger charge is 2.20. The van der Waals surface area contributed by atoms with E-state index < -0.39 is 10.9 Å². The van der Waals surface area contributed by atoms with Gasteiger partial charge in [0.1, 0.15) is 10.5 Å². The quantitative estimate of drug-likeness (QED) is 0.476. The Bertz CT molecular complexity index is 891. The minimum atomic E-state index is -1.24. The molecule has 0 atom stereocenters. The summed E-state index contributed by atoms with van der Waals surface area (Å²) in [6.07, 6.45) is 3.40. The maximum absolute atomic E-state index is 11.2. The van der Waals surface area contributed by atoms with Crippen molar-refractivity contribution in [2.45, 2.75) is 32.2 Å². The lowest BCUT2D eigenvalue weighted by Gasteiger charge is -2.24. The van der Waals surface area contributed by atoms with Gasteiger partial charge in [-0.05, 0) is 25.7 Å². The first-order valence-corrected chi connectivity index (χ1v) is 7.95. The van der Waals surface area contributed by atoms with E-state index >= 15 is 0 Å². The van der Waals surface area contributed by atoms with E-state index in [1.54, 1.807) is 16.7 Å². The van der Waals surface area contributed by atoms with Gasteiger partial charge >= 0.3 is 0 Å². The summed E-state index contributed by atoms with van der Waals surface area (Å²) in [5, 5.41) is 22.2. The molecule has 3 rings (SSSR count). The standard InChI is InChI=1S/C16H15N3O4S/c20-14(21)9-18-13-7-2-1-6-12(13)16(24)17-15(18)10-4-3-5-11(8-10)19(22)23/h3-5,8H,1-2,6-7,9H2,(H,20,21)/p-1. The highest BCUT2D eigenvalue weighted by Crippen LogP contribution is 2.28. The third kappa shape index (κ3) is 3.05. The average molecular weight is 344 g/mol. The molecule has 0 unspecified atom stereocenters. The molecule has 0 saturated carbocycles. The number of carboxylic acid groups (broad SMARTS) is 1. The van der Waals surface area contributed by atoms with Gasteiger partial charge in [0.2, 0.25) is 0 Å². The van der Waals surface area contributed by atoms with Crippen molar-refractivity contribution >= 4 is 23.9 Å². The molecule has 0 radical (unpaired) electrons. The minimum Gasteiger partial charge on any atom is -0.548 e. The maximum Gasteiger partial charge on any atom is 0.270 e. The zero-order valence-corrected chi connectivity index (χ0v) is 13.5. The molecule has 8 heteroatoms. The van der Waals surface area contributed by atoms with Crippen LogP contribution in [-0.2, 0) is 24.2 Å². The second-order valence-corrected chi connectivity index (χ2v) is 6.03. The predicted molar refractivity (Wildman–Crippen MR) is 86.8 cm³/mol. The summed E-state index contributed by atoms with van der Waals surface area (Å²) < 4.78 is 2.00. The SMILES string of the molecule is O=C([O-])Cn1c(-c2cccc([N+](=O)[O-])c2)nc(=S)c2c1CCCC2. The summed E-state index contributed by atoms with van der Waals surface area (Å²) in [7, 11) is 0. The molecule has 1 aliphatic rings. The van der Waals surface area contributed by atoms with Gasteiger partial charge in [-0.2, -0.15) is 0 Å². The number of carbonyl (C=O) groups excluding carboxylic acids is 1. The van der Waals surface area contributed by atoms with Crippen LogP contribution < -0.4 is 5.11 Å². The summed E-state index contributed by atoms with van der Waals surface area (Å²) in [5.41, 5.74) is 2.11. The van der Waals surface area contributed by atoms with E-state index in [4.69, 9.17) is 12.2 Å². The maximum atomic E-state index is 11.2. The lowest BCUT2D eigenvalue weighted by molar-refractivity contribution is -0.384. The molecule has 1 aliphatic carbocycles. The zero-order valence-electron chi connectivity index (χ0n) is 12.7. The van der Waals surface area contributed by atoms with Crippen molar-refractivity contribution in [2.75, 3.05) is 0 Å². The van der Waals surface area contributed by atoms with Crippen LogP contribution >= 0.6 is 12.2 Å². The molecule has 1 heterocycles. The Morgan fingerprint density at radius 1 is 1.33 bits per heavy atom. The third-order valence-electron chi connectivity index (χ3n) is 4.09. The van der Waals surface area contributed by atoms with Crippen molar-refractivity contribution in [3.05, 3.63) is 50.3 Å². The van der Waals surface area contributed by atoms with Gasteiger partial charge in [0.05, 0.1) is 17.4 Å². The van der Waals surface area contributed by atoms with Crippen molar-refractivity contribution < 1.29 is 14.8 Å². The topological polar surface area (TPSA) is 101 Å². The first-order chi connectivity index (χ1) is 11.5. The molecule has 0 amide bonds. The Kier molecular flexibility index (Phi) is 4.39. The first kappa shape index (κ1) is 16.3. The Balaban J connectivity index is 2.25. The second-order valence-electron chi connectivity index (χ2n) is 5.64. The van der Waals surface area contributed by atoms with Crippen molar-refractivity contribution in [1.29, 1.82) is 0 Å². The van der Waals surface area contributed by atoms with Crippen molar-refractivity contribution in [2.24, 2.45) is 0 Å². The minimum absolute atomic E-state index is 0.0852. The monoisotopic (exact) mass is 344 g/mol. The molecule has 0 bridgehead atoms. The van der Waals surface area contributed by atoms with E-state index in [2.05, 4.69) is 4.98 Å². The molecular weight excluding hydrogens is 330 g/mol. The summed E-state index contributed by atoms with van der Waals surface area (Å²) >= 11 is 5.36. The lowest BCUT2D eigenvalue weighted by atomic mass is 9.96. The number of carbonyl (C=O) groups is 1. The molecule has 7 nitrogen and oxygen atoms in total. The number of fused-ring (bicyclic) bond motifs is 1. The fraction of sp³-hybridized carbons (Fsp3) is 0.312. The number of rotatable bonds is 4. The van der Waals surface area contributed by atoms with E-state index in [-0.39, 0.29) is 12.2 Å². The highest BCUT2D eigenvalue weighted by molar-refractivity contribution is 7.71. The van der Waals surface area contributed by atoms with Crippen LogP contribution in [0, 0.1) is 14.8 Å². The van der Waals surface area contributed by atoms with E-state index in [0.29, 0.717) is 22.4 Å². The molecule has 2 aromatic rings. The van der Waals surface area contributed by atoms with Crippen LogP contribution in [0.5, 0.6) is 0 Å². The van der Waals surface area contributed by atoms with Crippen LogP contribution in [0.15, 0.2) is 24.3 Å². The fourth-order valence-electron chi connectivity index (χ4n) is 3.05. The van der Waals surface area contributed by atoms with Gasteiger partial charge in [0.25, 0.3) is 5.69 Å². The van der Waals surface area contributed by atoms with Gasteiger partial charge in [0, 0.05) is 29.0 Å². The summed E-state index contributed by atoms with van der Waals surface area (Å²) in [6, 6.07) is 5.95.